The average Bonchev–Trinajstić information content (AvgIpc) is 3.37. The molecule has 0 aliphatic carbocycles. The van der Waals surface area contributed by atoms with E-state index in [-0.39, 0.29) is 18.3 Å². The van der Waals surface area contributed by atoms with E-state index in [0.717, 1.165) is 0 Å². The van der Waals surface area contributed by atoms with E-state index in [1.54, 1.807) is 42.5 Å². The van der Waals surface area contributed by atoms with Crippen molar-refractivity contribution in [3.8, 4) is 11.1 Å². The Morgan fingerprint density at radius 3 is 2.18 bits per heavy atom. The Balaban J connectivity index is 1.97. The van der Waals surface area contributed by atoms with Gasteiger partial charge in [-0.25, -0.2) is 9.59 Å². The molecule has 0 spiro atoms. The number of hydrogen-bond donors (Lipinski definition) is 1. The quantitative estimate of drug-likeness (QED) is 0.678. The first-order valence-corrected chi connectivity index (χ1v) is 6.87. The molecule has 1 atom stereocenters. The third-order valence-corrected chi connectivity index (χ3v) is 3.40. The monoisotopic (exact) mass is 298 g/mol. The number of rotatable bonds is 5. The molecule has 1 aliphatic rings. The second kappa shape index (κ2) is 5.99. The second-order valence-electron chi connectivity index (χ2n) is 4.95. The summed E-state index contributed by atoms with van der Waals surface area (Å²) in [6, 6.07) is 13.4. The molecule has 1 unspecified atom stereocenters. The van der Waals surface area contributed by atoms with E-state index in [1.165, 1.54) is 6.07 Å². The minimum absolute atomic E-state index is 0.0116. The predicted molar refractivity (Wildman–Crippen MR) is 78.9 cm³/mol. The third kappa shape index (κ3) is 2.99. The second-order valence-corrected chi connectivity index (χ2v) is 4.95. The predicted octanol–water partition coefficient (Wildman–Crippen LogP) is 2.61. The van der Waals surface area contributed by atoms with Gasteiger partial charge in [0.05, 0.1) is 17.7 Å². The molecule has 5 heteroatoms. The Bertz CT molecular complexity index is 718. The Morgan fingerprint density at radius 1 is 1.05 bits per heavy atom. The highest BCUT2D eigenvalue weighted by molar-refractivity contribution is 6.02. The van der Waals surface area contributed by atoms with Crippen molar-refractivity contribution in [3.63, 3.8) is 0 Å². The summed E-state index contributed by atoms with van der Waals surface area (Å²) in [5.74, 6) is -1.52. The summed E-state index contributed by atoms with van der Waals surface area (Å²) in [5, 5.41) is 9.31. The number of hydrogen-bond acceptors (Lipinski definition) is 4. The smallest absolute Gasteiger partial charge is 0.338 e. The molecule has 0 bridgehead atoms. The van der Waals surface area contributed by atoms with Crippen LogP contribution in [0.15, 0.2) is 48.5 Å². The normalized spacial score (nSPS) is 16.1. The summed E-state index contributed by atoms with van der Waals surface area (Å²) in [6.07, 6.45) is -0.0116. The van der Waals surface area contributed by atoms with Crippen LogP contribution in [0.1, 0.15) is 20.7 Å². The van der Waals surface area contributed by atoms with E-state index < -0.39 is 11.9 Å². The number of benzene rings is 2. The summed E-state index contributed by atoms with van der Waals surface area (Å²) in [6.45, 7) is 0.824. The number of esters is 1. The average molecular weight is 298 g/mol. The maximum Gasteiger partial charge on any atom is 0.338 e. The van der Waals surface area contributed by atoms with Crippen LogP contribution >= 0.6 is 0 Å². The van der Waals surface area contributed by atoms with Crippen LogP contribution in [0.4, 0.5) is 0 Å². The van der Waals surface area contributed by atoms with Gasteiger partial charge in [-0.1, -0.05) is 36.4 Å². The van der Waals surface area contributed by atoms with Crippen LogP contribution in [0.5, 0.6) is 0 Å². The summed E-state index contributed by atoms with van der Waals surface area (Å²) in [4.78, 5) is 23.6. The molecule has 1 N–H and O–H groups in total. The van der Waals surface area contributed by atoms with Gasteiger partial charge in [0.2, 0.25) is 0 Å². The minimum Gasteiger partial charge on any atom is -0.478 e. The molecule has 0 saturated carbocycles. The fraction of sp³-hybridized carbons (Fsp3) is 0.176. The number of carbonyl (C=O) groups excluding carboxylic acids is 1. The molecule has 0 amide bonds. The summed E-state index contributed by atoms with van der Waals surface area (Å²) >= 11 is 0. The number of carbonyl (C=O) groups is 2. The molecule has 22 heavy (non-hydrogen) atoms. The zero-order valence-electron chi connectivity index (χ0n) is 11.7. The molecule has 2 aromatic carbocycles. The Morgan fingerprint density at radius 2 is 1.59 bits per heavy atom. The van der Waals surface area contributed by atoms with E-state index in [4.69, 9.17) is 9.47 Å². The number of carboxylic acids is 1. The lowest BCUT2D eigenvalue weighted by atomic mass is 9.95. The fourth-order valence-electron chi connectivity index (χ4n) is 2.21. The lowest BCUT2D eigenvalue weighted by molar-refractivity contribution is 0.0477. The molecular weight excluding hydrogens is 284 g/mol. The van der Waals surface area contributed by atoms with Gasteiger partial charge in [-0.15, -0.1) is 0 Å². The highest BCUT2D eigenvalue weighted by atomic mass is 16.6. The van der Waals surface area contributed by atoms with Crippen molar-refractivity contribution in [1.82, 2.24) is 0 Å². The van der Waals surface area contributed by atoms with Gasteiger partial charge in [0.25, 0.3) is 0 Å². The molecule has 1 heterocycles. The Hall–Kier alpha value is -2.66. The first kappa shape index (κ1) is 14.3. The van der Waals surface area contributed by atoms with Gasteiger partial charge in [0.15, 0.2) is 0 Å². The van der Waals surface area contributed by atoms with Crippen LogP contribution in [0, 0.1) is 0 Å². The van der Waals surface area contributed by atoms with Gasteiger partial charge >= 0.3 is 11.9 Å². The van der Waals surface area contributed by atoms with E-state index in [2.05, 4.69) is 0 Å². The van der Waals surface area contributed by atoms with Crippen molar-refractivity contribution < 1.29 is 24.2 Å². The van der Waals surface area contributed by atoms with Crippen LogP contribution in [0.2, 0.25) is 0 Å². The van der Waals surface area contributed by atoms with Crippen molar-refractivity contribution in [2.24, 2.45) is 0 Å². The molecule has 0 aromatic heterocycles. The van der Waals surface area contributed by atoms with Crippen molar-refractivity contribution in [2.75, 3.05) is 13.2 Å². The fourth-order valence-corrected chi connectivity index (χ4v) is 2.21. The standard InChI is InChI=1S/C17H14O5/c18-16(19)14-7-3-1-5-12(14)13-6-2-4-8-15(13)17(20)22-10-11-9-21-11/h1-8,11H,9-10H2,(H,18,19). The van der Waals surface area contributed by atoms with Crippen molar-refractivity contribution in [3.05, 3.63) is 59.7 Å². The maximum absolute atomic E-state index is 12.2. The third-order valence-electron chi connectivity index (χ3n) is 3.40. The van der Waals surface area contributed by atoms with Crippen molar-refractivity contribution in [2.45, 2.75) is 6.10 Å². The maximum atomic E-state index is 12.2. The molecule has 1 aliphatic heterocycles. The SMILES string of the molecule is O=C(O)c1ccccc1-c1ccccc1C(=O)OCC1CO1. The molecular formula is C17H14O5. The topological polar surface area (TPSA) is 76.1 Å². The highest BCUT2D eigenvalue weighted by Gasteiger charge is 2.25. The molecule has 112 valence electrons. The number of carboxylic acid groups (broad SMARTS) is 1. The van der Waals surface area contributed by atoms with Crippen LogP contribution in [0.25, 0.3) is 11.1 Å². The summed E-state index contributed by atoms with van der Waals surface area (Å²) in [5.41, 5.74) is 1.53. The largest absolute Gasteiger partial charge is 0.478 e. The Labute approximate surface area is 127 Å². The lowest BCUT2D eigenvalue weighted by Gasteiger charge is -2.11. The van der Waals surface area contributed by atoms with Crippen molar-refractivity contribution in [1.29, 1.82) is 0 Å². The first-order valence-electron chi connectivity index (χ1n) is 6.87. The molecule has 1 fully saturated rings. The van der Waals surface area contributed by atoms with Crippen LogP contribution in [0.3, 0.4) is 0 Å². The van der Waals surface area contributed by atoms with Gasteiger partial charge in [-0.3, -0.25) is 0 Å². The Kier molecular flexibility index (Phi) is 3.89. The van der Waals surface area contributed by atoms with Gasteiger partial charge in [-0.2, -0.15) is 0 Å². The van der Waals surface area contributed by atoms with Gasteiger partial charge in [0, 0.05) is 0 Å². The minimum atomic E-state index is -1.04. The zero-order chi connectivity index (χ0) is 15.5. The molecule has 5 nitrogen and oxygen atoms in total. The van der Waals surface area contributed by atoms with E-state index in [1.807, 2.05) is 0 Å². The summed E-state index contributed by atoms with van der Waals surface area (Å²) < 4.78 is 10.2. The van der Waals surface area contributed by atoms with E-state index >= 15 is 0 Å². The van der Waals surface area contributed by atoms with Crippen LogP contribution in [-0.4, -0.2) is 36.4 Å². The zero-order valence-corrected chi connectivity index (χ0v) is 11.7. The van der Waals surface area contributed by atoms with Crippen LogP contribution < -0.4 is 0 Å². The lowest BCUT2D eigenvalue weighted by Crippen LogP contribution is -2.11. The first-order chi connectivity index (χ1) is 10.7. The number of epoxide rings is 1. The van der Waals surface area contributed by atoms with Gasteiger partial charge in [0.1, 0.15) is 12.7 Å². The summed E-state index contributed by atoms with van der Waals surface area (Å²) in [7, 11) is 0. The molecule has 3 rings (SSSR count). The highest BCUT2D eigenvalue weighted by Crippen LogP contribution is 2.28. The van der Waals surface area contributed by atoms with Gasteiger partial charge < -0.3 is 14.6 Å². The van der Waals surface area contributed by atoms with E-state index in [0.29, 0.717) is 23.3 Å². The van der Waals surface area contributed by atoms with Crippen molar-refractivity contribution >= 4 is 11.9 Å². The van der Waals surface area contributed by atoms with Gasteiger partial charge in [-0.05, 0) is 23.3 Å². The molecule has 0 radical (unpaired) electrons. The number of aromatic carboxylic acids is 1. The van der Waals surface area contributed by atoms with E-state index in [9.17, 15) is 14.7 Å². The molecule has 1 saturated heterocycles. The molecule has 2 aromatic rings. The number of ether oxygens (including phenoxy) is 2. The van der Waals surface area contributed by atoms with Crippen LogP contribution in [-0.2, 0) is 9.47 Å².